The van der Waals surface area contributed by atoms with Crippen LogP contribution in [0.15, 0.2) is 44.5 Å². The maximum Gasteiger partial charge on any atom is 0.323 e. The number of ether oxygens (including phenoxy) is 2. The van der Waals surface area contributed by atoms with Crippen molar-refractivity contribution in [2.75, 3.05) is 14.2 Å². The number of hydrogen-bond donors (Lipinski definition) is 2. The van der Waals surface area contributed by atoms with Crippen molar-refractivity contribution in [1.29, 1.82) is 0 Å². The molecule has 1 atom stereocenters. The van der Waals surface area contributed by atoms with E-state index in [4.69, 9.17) is 19.0 Å². The van der Waals surface area contributed by atoms with Gasteiger partial charge in [0.05, 0.1) is 37.9 Å². The minimum Gasteiger partial charge on any atom is -0.507 e. The smallest absolute Gasteiger partial charge is 0.323 e. The topological polar surface area (TPSA) is 145 Å². The van der Waals surface area contributed by atoms with Gasteiger partial charge in [-0.3, -0.25) is 19.2 Å². The fourth-order valence-electron chi connectivity index (χ4n) is 3.54. The van der Waals surface area contributed by atoms with Gasteiger partial charge in [0.2, 0.25) is 0 Å². The van der Waals surface area contributed by atoms with E-state index < -0.39 is 47.6 Å². The Labute approximate surface area is 181 Å². The van der Waals surface area contributed by atoms with Gasteiger partial charge in [-0.15, -0.1) is 0 Å². The second-order valence-electron chi connectivity index (χ2n) is 7.08. The molecule has 32 heavy (non-hydrogen) atoms. The van der Waals surface area contributed by atoms with Crippen molar-refractivity contribution in [2.45, 2.75) is 25.8 Å². The van der Waals surface area contributed by atoms with E-state index in [1.807, 2.05) is 0 Å². The largest absolute Gasteiger partial charge is 0.507 e. The van der Waals surface area contributed by atoms with Crippen LogP contribution in [0.25, 0.3) is 11.0 Å². The van der Waals surface area contributed by atoms with Crippen LogP contribution in [0.5, 0.6) is 11.5 Å². The number of aryl methyl sites for hydroxylation is 1. The lowest BCUT2D eigenvalue weighted by molar-refractivity contribution is -0.141. The highest BCUT2D eigenvalue weighted by atomic mass is 16.5. The van der Waals surface area contributed by atoms with Gasteiger partial charge in [-0.1, -0.05) is 0 Å². The van der Waals surface area contributed by atoms with Crippen LogP contribution in [0.4, 0.5) is 0 Å². The Hall–Kier alpha value is -4.08. The molecule has 1 aromatic carbocycles. The number of esters is 1. The van der Waals surface area contributed by atoms with E-state index in [9.17, 15) is 24.3 Å². The number of fused-ring (bicyclic) bond motifs is 1. The Morgan fingerprint density at radius 2 is 1.91 bits per heavy atom. The number of rotatable bonds is 7. The summed E-state index contributed by atoms with van der Waals surface area (Å²) in [6, 6.07) is 5.80. The first-order chi connectivity index (χ1) is 15.2. The number of carbonyl (C=O) groups is 2. The van der Waals surface area contributed by atoms with Gasteiger partial charge in [-0.05, 0) is 31.2 Å². The summed E-state index contributed by atoms with van der Waals surface area (Å²) in [5.74, 6) is -3.35. The lowest BCUT2D eigenvalue weighted by atomic mass is 9.88. The fourth-order valence-corrected chi connectivity index (χ4v) is 3.54. The number of carboxylic acids is 1. The van der Waals surface area contributed by atoms with Crippen LogP contribution < -0.4 is 15.7 Å². The lowest BCUT2D eigenvalue weighted by Gasteiger charge is -2.19. The highest BCUT2D eigenvalue weighted by Gasteiger charge is 2.30. The number of aliphatic carboxylic acids is 1. The van der Waals surface area contributed by atoms with E-state index in [1.165, 1.54) is 32.2 Å². The molecular weight excluding hydrogens is 422 g/mol. The summed E-state index contributed by atoms with van der Waals surface area (Å²) >= 11 is 0. The molecule has 0 unspecified atom stereocenters. The van der Waals surface area contributed by atoms with Crippen LogP contribution in [0.2, 0.25) is 0 Å². The number of pyridine rings is 1. The molecule has 3 aromatic rings. The zero-order chi connectivity index (χ0) is 23.6. The van der Waals surface area contributed by atoms with E-state index in [-0.39, 0.29) is 27.8 Å². The Balaban J connectivity index is 2.31. The number of nitrogens with zero attached hydrogens (tertiary/aromatic N) is 1. The summed E-state index contributed by atoms with van der Waals surface area (Å²) in [4.78, 5) is 49.8. The second kappa shape index (κ2) is 8.96. The van der Waals surface area contributed by atoms with Crippen molar-refractivity contribution in [1.82, 2.24) is 4.57 Å². The third-order valence-corrected chi connectivity index (χ3v) is 5.14. The molecule has 10 nitrogen and oxygen atoms in total. The van der Waals surface area contributed by atoms with Crippen LogP contribution in [0, 0.1) is 6.92 Å². The average Bonchev–Trinajstić information content (AvgIpc) is 2.75. The maximum absolute atomic E-state index is 13.3. The second-order valence-corrected chi connectivity index (χ2v) is 7.08. The standard InChI is InChI=1S/C22H21NO9/c1-11-6-16(24)20(22(29)23(11)9-18(25)26)13(8-19(27)31-3)15-10-32-17-5-4-12(30-2)7-14(17)21(15)28/h4-7,10,13,24H,8-9H2,1-3H3,(H,25,26)/t13-/m0/s1. The van der Waals surface area contributed by atoms with Gasteiger partial charge < -0.3 is 28.7 Å². The van der Waals surface area contributed by atoms with E-state index >= 15 is 0 Å². The quantitative estimate of drug-likeness (QED) is 0.522. The first-order valence-corrected chi connectivity index (χ1v) is 9.49. The summed E-state index contributed by atoms with van der Waals surface area (Å²) in [6.07, 6.45) is 0.653. The summed E-state index contributed by atoms with van der Waals surface area (Å²) < 4.78 is 16.3. The Kier molecular flexibility index (Phi) is 6.33. The molecule has 10 heteroatoms. The molecule has 2 aromatic heterocycles. The molecule has 0 fully saturated rings. The molecule has 0 saturated heterocycles. The first-order valence-electron chi connectivity index (χ1n) is 9.49. The monoisotopic (exact) mass is 443 g/mol. The molecule has 2 N–H and O–H groups in total. The average molecular weight is 443 g/mol. The number of aromatic nitrogens is 1. The minimum atomic E-state index is -1.27. The van der Waals surface area contributed by atoms with Crippen molar-refractivity contribution < 1.29 is 33.7 Å². The number of hydrogen-bond acceptors (Lipinski definition) is 8. The predicted molar refractivity (Wildman–Crippen MR) is 112 cm³/mol. The van der Waals surface area contributed by atoms with Gasteiger partial charge in [0, 0.05) is 17.2 Å². The number of aromatic hydroxyl groups is 1. The predicted octanol–water partition coefficient (Wildman–Crippen LogP) is 1.76. The fraction of sp³-hybridized carbons (Fsp3) is 0.273. The molecule has 0 amide bonds. The first kappa shape index (κ1) is 22.6. The molecule has 0 spiro atoms. The highest BCUT2D eigenvalue weighted by molar-refractivity contribution is 5.79. The van der Waals surface area contributed by atoms with Crippen molar-refractivity contribution in [2.24, 2.45) is 0 Å². The van der Waals surface area contributed by atoms with Gasteiger partial charge in [-0.2, -0.15) is 0 Å². The molecule has 0 aliphatic rings. The maximum atomic E-state index is 13.3. The zero-order valence-corrected chi connectivity index (χ0v) is 17.6. The van der Waals surface area contributed by atoms with E-state index in [0.29, 0.717) is 5.75 Å². The molecule has 3 rings (SSSR count). The number of carboxylic acid groups (broad SMARTS) is 1. The third kappa shape index (κ3) is 4.20. The molecular formula is C22H21NO9. The summed E-state index contributed by atoms with van der Waals surface area (Å²) in [6.45, 7) is 0.798. The minimum absolute atomic E-state index is 0.0747. The van der Waals surface area contributed by atoms with Gasteiger partial charge in [0.1, 0.15) is 23.6 Å². The van der Waals surface area contributed by atoms with Crippen molar-refractivity contribution in [3.8, 4) is 11.5 Å². The molecule has 0 radical (unpaired) electrons. The number of benzene rings is 1. The van der Waals surface area contributed by atoms with Crippen LogP contribution in [0.3, 0.4) is 0 Å². The van der Waals surface area contributed by atoms with E-state index in [2.05, 4.69) is 0 Å². The van der Waals surface area contributed by atoms with E-state index in [1.54, 1.807) is 6.07 Å². The molecule has 0 bridgehead atoms. The summed E-state index contributed by atoms with van der Waals surface area (Å²) in [5.41, 5.74) is -1.31. The van der Waals surface area contributed by atoms with Crippen LogP contribution in [-0.4, -0.2) is 40.9 Å². The SMILES string of the molecule is COC(=O)C[C@@H](c1coc2ccc(OC)cc2c1=O)c1c(O)cc(C)n(CC(=O)O)c1=O. The van der Waals surface area contributed by atoms with Crippen molar-refractivity contribution in [3.63, 3.8) is 0 Å². The molecule has 0 aliphatic carbocycles. The number of methoxy groups -OCH3 is 2. The summed E-state index contributed by atoms with van der Waals surface area (Å²) in [7, 11) is 2.58. The van der Waals surface area contributed by atoms with Crippen LogP contribution in [0.1, 0.15) is 29.2 Å². The molecule has 0 aliphatic heterocycles. The Morgan fingerprint density at radius 3 is 2.53 bits per heavy atom. The van der Waals surface area contributed by atoms with Crippen molar-refractivity contribution in [3.05, 3.63) is 67.9 Å². The third-order valence-electron chi connectivity index (χ3n) is 5.14. The molecule has 2 heterocycles. The van der Waals surface area contributed by atoms with E-state index in [0.717, 1.165) is 17.9 Å². The van der Waals surface area contributed by atoms with Gasteiger partial charge >= 0.3 is 11.9 Å². The van der Waals surface area contributed by atoms with Crippen LogP contribution >= 0.6 is 0 Å². The molecule has 168 valence electrons. The lowest BCUT2D eigenvalue weighted by Crippen LogP contribution is -2.32. The van der Waals surface area contributed by atoms with Crippen LogP contribution in [-0.2, 0) is 20.9 Å². The van der Waals surface area contributed by atoms with Gasteiger partial charge in [-0.25, -0.2) is 0 Å². The van der Waals surface area contributed by atoms with Crippen molar-refractivity contribution >= 4 is 22.9 Å². The normalized spacial score (nSPS) is 11.8. The zero-order valence-electron chi connectivity index (χ0n) is 17.6. The molecule has 0 saturated carbocycles. The van der Waals surface area contributed by atoms with Gasteiger partial charge in [0.15, 0.2) is 5.43 Å². The number of carbonyl (C=O) groups excluding carboxylic acids is 1. The Morgan fingerprint density at radius 1 is 1.19 bits per heavy atom. The highest BCUT2D eigenvalue weighted by Crippen LogP contribution is 2.32. The van der Waals surface area contributed by atoms with Gasteiger partial charge in [0.25, 0.3) is 5.56 Å². The Bertz CT molecular complexity index is 1320. The summed E-state index contributed by atoms with van der Waals surface area (Å²) in [5, 5.41) is 19.9.